The fourth-order valence-corrected chi connectivity index (χ4v) is 5.15. The van der Waals surface area contributed by atoms with E-state index in [1.807, 2.05) is 12.1 Å². The second-order valence-corrected chi connectivity index (χ2v) is 8.45. The lowest BCUT2D eigenvalue weighted by molar-refractivity contribution is -0.116. The minimum absolute atomic E-state index is 0.176. The second kappa shape index (κ2) is 9.38. The number of thiophene rings is 1. The highest BCUT2D eigenvalue weighted by Gasteiger charge is 2.34. The highest BCUT2D eigenvalue weighted by molar-refractivity contribution is 7.15. The van der Waals surface area contributed by atoms with Crippen molar-refractivity contribution < 1.29 is 28.9 Å². The predicted molar refractivity (Wildman–Crippen MR) is 127 cm³/mol. The standard InChI is InChI=1S/C25H23NO6S/c1-4-11-32-18-10-7-15(12-19(18)31-3)17-13-20(27)26-22-21(24(25(28)29)33-23(17)22)14-5-8-16(30-2)9-6-14/h4-10,12,17H,1,11,13H2,2-3H3,(H,26,27)(H,28,29)/t17-/m1/s1. The molecule has 2 aromatic carbocycles. The predicted octanol–water partition coefficient (Wildman–Crippen LogP) is 5.17. The normalized spacial score (nSPS) is 14.7. The number of carboxylic acids is 1. The topological polar surface area (TPSA) is 94.1 Å². The number of carboxylic acid groups (broad SMARTS) is 1. The van der Waals surface area contributed by atoms with E-state index in [0.29, 0.717) is 40.7 Å². The largest absolute Gasteiger partial charge is 0.497 e. The first kappa shape index (κ1) is 22.4. The van der Waals surface area contributed by atoms with Gasteiger partial charge in [0.25, 0.3) is 0 Å². The van der Waals surface area contributed by atoms with E-state index in [2.05, 4.69) is 11.9 Å². The number of nitrogens with one attached hydrogen (secondary N) is 1. The fourth-order valence-electron chi connectivity index (χ4n) is 3.91. The molecule has 0 saturated carbocycles. The molecule has 4 rings (SSSR count). The van der Waals surface area contributed by atoms with Crippen molar-refractivity contribution in [3.8, 4) is 28.4 Å². The van der Waals surface area contributed by atoms with Gasteiger partial charge in [-0.3, -0.25) is 4.79 Å². The van der Waals surface area contributed by atoms with Gasteiger partial charge in [0.15, 0.2) is 11.5 Å². The number of rotatable bonds is 8. The van der Waals surface area contributed by atoms with Crippen LogP contribution in [-0.4, -0.2) is 37.8 Å². The molecule has 0 aliphatic carbocycles. The molecule has 1 aliphatic heterocycles. The molecule has 3 aromatic rings. The third kappa shape index (κ3) is 4.29. The highest BCUT2D eigenvalue weighted by Crippen LogP contribution is 2.50. The van der Waals surface area contributed by atoms with Crippen LogP contribution in [0.15, 0.2) is 55.1 Å². The van der Waals surface area contributed by atoms with Crippen molar-refractivity contribution in [2.24, 2.45) is 0 Å². The molecule has 0 spiro atoms. The summed E-state index contributed by atoms with van der Waals surface area (Å²) >= 11 is 1.18. The van der Waals surface area contributed by atoms with Crippen molar-refractivity contribution in [1.29, 1.82) is 0 Å². The number of anilines is 1. The summed E-state index contributed by atoms with van der Waals surface area (Å²) in [5, 5.41) is 12.8. The Hall–Kier alpha value is -3.78. The summed E-state index contributed by atoms with van der Waals surface area (Å²) in [6.45, 7) is 3.99. The monoisotopic (exact) mass is 465 g/mol. The molecule has 0 fully saturated rings. The molecule has 7 nitrogen and oxygen atoms in total. The SMILES string of the molecule is C=CCOc1ccc([C@H]2CC(=O)Nc3c2sc(C(=O)O)c3-c2ccc(OC)cc2)cc1OC. The molecule has 2 heterocycles. The zero-order chi connectivity index (χ0) is 23.5. The summed E-state index contributed by atoms with van der Waals surface area (Å²) in [6, 6.07) is 12.6. The first-order chi connectivity index (χ1) is 16.0. The molecular weight excluding hydrogens is 442 g/mol. The average molecular weight is 466 g/mol. The first-order valence-electron chi connectivity index (χ1n) is 10.2. The molecule has 1 atom stereocenters. The lowest BCUT2D eigenvalue weighted by atomic mass is 9.88. The van der Waals surface area contributed by atoms with Gasteiger partial charge in [0, 0.05) is 22.8 Å². The molecule has 1 aromatic heterocycles. The number of aromatic carboxylic acids is 1. The second-order valence-electron chi connectivity index (χ2n) is 7.39. The van der Waals surface area contributed by atoms with Crippen LogP contribution < -0.4 is 19.5 Å². The fraction of sp³-hybridized carbons (Fsp3) is 0.200. The van der Waals surface area contributed by atoms with E-state index in [4.69, 9.17) is 14.2 Å². The Kier molecular flexibility index (Phi) is 6.37. The van der Waals surface area contributed by atoms with Crippen LogP contribution >= 0.6 is 11.3 Å². The molecule has 33 heavy (non-hydrogen) atoms. The molecule has 8 heteroatoms. The minimum atomic E-state index is -1.04. The number of carbonyl (C=O) groups is 2. The molecule has 0 radical (unpaired) electrons. The van der Waals surface area contributed by atoms with Crippen LogP contribution in [0.1, 0.15) is 32.5 Å². The maximum Gasteiger partial charge on any atom is 0.346 e. The van der Waals surface area contributed by atoms with Crippen molar-refractivity contribution in [3.63, 3.8) is 0 Å². The van der Waals surface area contributed by atoms with Crippen LogP contribution in [0.2, 0.25) is 0 Å². The third-order valence-electron chi connectivity index (χ3n) is 5.43. The van der Waals surface area contributed by atoms with Gasteiger partial charge in [-0.2, -0.15) is 0 Å². The minimum Gasteiger partial charge on any atom is -0.497 e. The van der Waals surface area contributed by atoms with Gasteiger partial charge in [-0.05, 0) is 35.4 Å². The highest BCUT2D eigenvalue weighted by atomic mass is 32.1. The number of hydrogen-bond acceptors (Lipinski definition) is 6. The Labute approximate surface area is 195 Å². The first-order valence-corrected chi connectivity index (χ1v) is 11.0. The van der Waals surface area contributed by atoms with Gasteiger partial charge in [0.05, 0.1) is 19.9 Å². The number of ether oxygens (including phenoxy) is 3. The van der Waals surface area contributed by atoms with E-state index in [1.54, 1.807) is 50.6 Å². The number of amides is 1. The van der Waals surface area contributed by atoms with Crippen molar-refractivity contribution in [2.75, 3.05) is 26.1 Å². The number of carbonyl (C=O) groups excluding carboxylic acids is 1. The van der Waals surface area contributed by atoms with Gasteiger partial charge in [-0.15, -0.1) is 11.3 Å². The quantitative estimate of drug-likeness (QED) is 0.446. The molecule has 1 aliphatic rings. The lowest BCUT2D eigenvalue weighted by Gasteiger charge is -2.24. The summed E-state index contributed by atoms with van der Waals surface area (Å²) in [5.74, 6) is 0.228. The summed E-state index contributed by atoms with van der Waals surface area (Å²) in [4.78, 5) is 25.8. The van der Waals surface area contributed by atoms with Gasteiger partial charge >= 0.3 is 5.97 Å². The Bertz CT molecular complexity index is 1210. The van der Waals surface area contributed by atoms with E-state index in [0.717, 1.165) is 10.4 Å². The Morgan fingerprint density at radius 1 is 1.18 bits per heavy atom. The molecule has 0 bridgehead atoms. The van der Waals surface area contributed by atoms with Crippen LogP contribution in [0.3, 0.4) is 0 Å². The zero-order valence-corrected chi connectivity index (χ0v) is 19.0. The van der Waals surface area contributed by atoms with Crippen LogP contribution in [-0.2, 0) is 4.79 Å². The van der Waals surface area contributed by atoms with Crippen molar-refractivity contribution in [2.45, 2.75) is 12.3 Å². The lowest BCUT2D eigenvalue weighted by Crippen LogP contribution is -2.22. The Morgan fingerprint density at radius 2 is 1.94 bits per heavy atom. The maximum atomic E-state index is 12.7. The number of fused-ring (bicyclic) bond motifs is 1. The van der Waals surface area contributed by atoms with E-state index in [-0.39, 0.29) is 23.1 Å². The van der Waals surface area contributed by atoms with Crippen LogP contribution in [0, 0.1) is 0 Å². The molecule has 0 saturated heterocycles. The van der Waals surface area contributed by atoms with E-state index < -0.39 is 5.97 Å². The Morgan fingerprint density at radius 3 is 2.58 bits per heavy atom. The number of methoxy groups -OCH3 is 2. The summed E-state index contributed by atoms with van der Waals surface area (Å²) in [6.07, 6.45) is 1.84. The van der Waals surface area contributed by atoms with Crippen LogP contribution in [0.5, 0.6) is 17.2 Å². The van der Waals surface area contributed by atoms with Gasteiger partial charge in [-0.1, -0.05) is 30.9 Å². The van der Waals surface area contributed by atoms with E-state index >= 15 is 0 Å². The van der Waals surface area contributed by atoms with Crippen LogP contribution in [0.4, 0.5) is 5.69 Å². The number of hydrogen-bond donors (Lipinski definition) is 2. The molecular formula is C25H23NO6S. The average Bonchev–Trinajstić information content (AvgIpc) is 3.21. The van der Waals surface area contributed by atoms with Crippen molar-refractivity contribution in [1.82, 2.24) is 0 Å². The number of benzene rings is 2. The summed E-state index contributed by atoms with van der Waals surface area (Å²) in [5.41, 5.74) is 2.57. The summed E-state index contributed by atoms with van der Waals surface area (Å²) in [7, 11) is 3.12. The molecule has 170 valence electrons. The van der Waals surface area contributed by atoms with Gasteiger partial charge in [0.2, 0.25) is 5.91 Å². The molecule has 2 N–H and O–H groups in total. The zero-order valence-electron chi connectivity index (χ0n) is 18.2. The Balaban J connectivity index is 1.83. The van der Waals surface area contributed by atoms with Crippen molar-refractivity contribution in [3.05, 3.63) is 70.4 Å². The smallest absolute Gasteiger partial charge is 0.346 e. The molecule has 1 amide bonds. The summed E-state index contributed by atoms with van der Waals surface area (Å²) < 4.78 is 16.3. The van der Waals surface area contributed by atoms with Crippen molar-refractivity contribution >= 4 is 28.9 Å². The van der Waals surface area contributed by atoms with Crippen LogP contribution in [0.25, 0.3) is 11.1 Å². The third-order valence-corrected chi connectivity index (χ3v) is 6.72. The maximum absolute atomic E-state index is 12.7. The van der Waals surface area contributed by atoms with Gasteiger partial charge in [0.1, 0.15) is 17.2 Å². The van der Waals surface area contributed by atoms with E-state index in [9.17, 15) is 14.7 Å². The molecule has 0 unspecified atom stereocenters. The van der Waals surface area contributed by atoms with Gasteiger partial charge < -0.3 is 24.6 Å². The van der Waals surface area contributed by atoms with Gasteiger partial charge in [-0.25, -0.2) is 4.79 Å². The van der Waals surface area contributed by atoms with E-state index in [1.165, 1.54) is 11.3 Å².